The number of rotatable bonds is 4. The van der Waals surface area contributed by atoms with Crippen LogP contribution in [0, 0.1) is 0 Å². The fourth-order valence-corrected chi connectivity index (χ4v) is 2.63. The molecule has 0 spiro atoms. The molecule has 0 aliphatic rings. The van der Waals surface area contributed by atoms with Gasteiger partial charge >= 0.3 is 0 Å². The number of aromatic nitrogens is 2. The summed E-state index contributed by atoms with van der Waals surface area (Å²) in [5, 5.41) is 9.39. The van der Waals surface area contributed by atoms with E-state index in [4.69, 9.17) is 32.0 Å². The Morgan fingerprint density at radius 3 is 2.00 bits per heavy atom. The van der Waals surface area contributed by atoms with Gasteiger partial charge in [-0.05, 0) is 66.7 Å². The van der Waals surface area contributed by atoms with Crippen molar-refractivity contribution in [3.8, 4) is 22.8 Å². The molecule has 0 saturated carbocycles. The maximum atomic E-state index is 5.90. The van der Waals surface area contributed by atoms with Crippen molar-refractivity contribution in [2.75, 3.05) is 0 Å². The molecule has 0 fully saturated rings. The molecule has 6 heteroatoms. The summed E-state index contributed by atoms with van der Waals surface area (Å²) in [7, 11) is 0. The summed E-state index contributed by atoms with van der Waals surface area (Å²) in [5.74, 6) is 2.26. The molecule has 0 aliphatic carbocycles. The maximum Gasteiger partial charge on any atom is 0.248 e. The molecule has 0 unspecified atom stereocenters. The van der Waals surface area contributed by atoms with E-state index < -0.39 is 0 Å². The average molecular weight is 383 g/mol. The number of halogens is 2. The van der Waals surface area contributed by atoms with Gasteiger partial charge in [0.05, 0.1) is 0 Å². The predicted molar refractivity (Wildman–Crippen MR) is 103 cm³/mol. The van der Waals surface area contributed by atoms with Gasteiger partial charge in [-0.25, -0.2) is 0 Å². The van der Waals surface area contributed by atoms with Crippen LogP contribution < -0.4 is 0 Å². The van der Waals surface area contributed by atoms with Gasteiger partial charge < -0.3 is 8.83 Å². The lowest BCUT2D eigenvalue weighted by Crippen LogP contribution is -1.76. The predicted octanol–water partition coefficient (Wildman–Crippen LogP) is 6.47. The molecule has 0 aliphatic heterocycles. The van der Waals surface area contributed by atoms with Gasteiger partial charge in [-0.15, -0.1) is 10.2 Å². The van der Waals surface area contributed by atoms with Crippen molar-refractivity contribution in [1.82, 2.24) is 10.2 Å². The summed E-state index contributed by atoms with van der Waals surface area (Å²) in [4.78, 5) is 0. The summed E-state index contributed by atoms with van der Waals surface area (Å²) in [6.07, 6.45) is 3.48. The van der Waals surface area contributed by atoms with Crippen LogP contribution in [0.25, 0.3) is 34.9 Å². The van der Waals surface area contributed by atoms with Gasteiger partial charge in [-0.2, -0.15) is 0 Å². The van der Waals surface area contributed by atoms with Crippen molar-refractivity contribution in [2.45, 2.75) is 0 Å². The van der Waals surface area contributed by atoms with E-state index in [9.17, 15) is 0 Å². The molecule has 0 amide bonds. The van der Waals surface area contributed by atoms with Gasteiger partial charge in [-0.3, -0.25) is 0 Å². The van der Waals surface area contributed by atoms with E-state index in [-0.39, 0.29) is 0 Å². The Bertz CT molecular complexity index is 962. The number of benzene rings is 2. The van der Waals surface area contributed by atoms with Gasteiger partial charge in [-0.1, -0.05) is 23.2 Å². The first kappa shape index (κ1) is 16.6. The molecule has 0 atom stereocenters. The highest BCUT2D eigenvalue weighted by Gasteiger charge is 2.07. The van der Waals surface area contributed by atoms with Crippen LogP contribution >= 0.6 is 23.2 Å². The Balaban J connectivity index is 1.50. The average Bonchev–Trinajstić information content (AvgIpc) is 3.31. The fraction of sp³-hybridized carbons (Fsp3) is 0. The second-order valence-corrected chi connectivity index (χ2v) is 6.37. The number of furan rings is 1. The minimum Gasteiger partial charge on any atom is -0.457 e. The van der Waals surface area contributed by atoms with Crippen LogP contribution in [0.3, 0.4) is 0 Å². The first-order valence-corrected chi connectivity index (χ1v) is 8.56. The standard InChI is InChI=1S/C20H12Cl2N2O2/c21-15-5-1-13(2-6-15)18-11-9-17(25-18)10-12-19-23-24-20(26-19)14-3-7-16(22)8-4-14/h1-12H/b12-10+. The smallest absolute Gasteiger partial charge is 0.248 e. The Morgan fingerprint density at radius 2 is 1.31 bits per heavy atom. The van der Waals surface area contributed by atoms with E-state index in [0.717, 1.165) is 16.9 Å². The molecule has 0 radical (unpaired) electrons. The number of hydrogen-bond donors (Lipinski definition) is 0. The SMILES string of the molecule is Clc1ccc(-c2ccc(/C=C/c3nnc(-c4ccc(Cl)cc4)o3)o2)cc1. The molecule has 0 saturated heterocycles. The summed E-state index contributed by atoms with van der Waals surface area (Å²) < 4.78 is 11.4. The van der Waals surface area contributed by atoms with Crippen molar-refractivity contribution in [2.24, 2.45) is 0 Å². The van der Waals surface area contributed by atoms with E-state index in [1.54, 1.807) is 24.3 Å². The van der Waals surface area contributed by atoms with Crippen molar-refractivity contribution in [3.05, 3.63) is 82.4 Å². The zero-order chi connectivity index (χ0) is 17.9. The highest BCUT2D eigenvalue weighted by atomic mass is 35.5. The van der Waals surface area contributed by atoms with Crippen LogP contribution in [0.1, 0.15) is 11.7 Å². The van der Waals surface area contributed by atoms with Crippen LogP contribution in [-0.4, -0.2) is 10.2 Å². The van der Waals surface area contributed by atoms with E-state index in [1.807, 2.05) is 48.5 Å². The summed E-state index contributed by atoms with van der Waals surface area (Å²) in [6.45, 7) is 0. The lowest BCUT2D eigenvalue weighted by molar-refractivity contribution is 0.556. The molecule has 4 aromatic rings. The topological polar surface area (TPSA) is 52.1 Å². The van der Waals surface area contributed by atoms with E-state index in [0.29, 0.717) is 27.6 Å². The second-order valence-electron chi connectivity index (χ2n) is 5.49. The highest BCUT2D eigenvalue weighted by molar-refractivity contribution is 6.30. The third-order valence-corrected chi connectivity index (χ3v) is 4.18. The monoisotopic (exact) mass is 382 g/mol. The van der Waals surface area contributed by atoms with Crippen molar-refractivity contribution >= 4 is 35.4 Å². The third-order valence-electron chi connectivity index (χ3n) is 3.68. The Kier molecular flexibility index (Phi) is 4.61. The Labute approximate surface area is 159 Å². The first-order chi connectivity index (χ1) is 12.7. The molecule has 128 valence electrons. The molecule has 0 bridgehead atoms. The van der Waals surface area contributed by atoms with Crippen LogP contribution in [0.4, 0.5) is 0 Å². The lowest BCUT2D eigenvalue weighted by Gasteiger charge is -1.96. The zero-order valence-electron chi connectivity index (χ0n) is 13.4. The molecule has 2 aromatic carbocycles. The van der Waals surface area contributed by atoms with E-state index in [2.05, 4.69) is 10.2 Å². The maximum absolute atomic E-state index is 5.90. The minimum absolute atomic E-state index is 0.388. The Hall–Kier alpha value is -2.82. The molecule has 0 N–H and O–H groups in total. The summed E-state index contributed by atoms with van der Waals surface area (Å²) in [6, 6.07) is 18.4. The molecular weight excluding hydrogens is 371 g/mol. The second kappa shape index (κ2) is 7.20. The third kappa shape index (κ3) is 3.72. The van der Waals surface area contributed by atoms with Gasteiger partial charge in [0.1, 0.15) is 11.5 Å². The molecular formula is C20H12Cl2N2O2. The van der Waals surface area contributed by atoms with E-state index in [1.165, 1.54) is 0 Å². The zero-order valence-corrected chi connectivity index (χ0v) is 14.9. The normalized spacial score (nSPS) is 11.3. The number of hydrogen-bond acceptors (Lipinski definition) is 4. The quantitative estimate of drug-likeness (QED) is 0.405. The molecule has 26 heavy (non-hydrogen) atoms. The van der Waals surface area contributed by atoms with Crippen molar-refractivity contribution < 1.29 is 8.83 Å². The highest BCUT2D eigenvalue weighted by Crippen LogP contribution is 2.25. The summed E-state index contributed by atoms with van der Waals surface area (Å²) in [5.41, 5.74) is 1.77. The minimum atomic E-state index is 0.388. The van der Waals surface area contributed by atoms with Crippen molar-refractivity contribution in [1.29, 1.82) is 0 Å². The molecule has 2 aromatic heterocycles. The van der Waals surface area contributed by atoms with Crippen molar-refractivity contribution in [3.63, 3.8) is 0 Å². The first-order valence-electron chi connectivity index (χ1n) is 7.81. The van der Waals surface area contributed by atoms with Crippen LogP contribution in [0.15, 0.2) is 69.5 Å². The molecule has 4 nitrogen and oxygen atoms in total. The van der Waals surface area contributed by atoms with Crippen LogP contribution in [-0.2, 0) is 0 Å². The van der Waals surface area contributed by atoms with Crippen LogP contribution in [0.5, 0.6) is 0 Å². The van der Waals surface area contributed by atoms with Gasteiger partial charge in [0.2, 0.25) is 11.8 Å². The van der Waals surface area contributed by atoms with Crippen LogP contribution in [0.2, 0.25) is 10.0 Å². The van der Waals surface area contributed by atoms with Gasteiger partial charge in [0, 0.05) is 27.2 Å². The molecule has 2 heterocycles. The number of nitrogens with zero attached hydrogens (tertiary/aromatic N) is 2. The lowest BCUT2D eigenvalue weighted by atomic mass is 10.2. The summed E-state index contributed by atoms with van der Waals surface area (Å²) >= 11 is 11.8. The Morgan fingerprint density at radius 1 is 0.654 bits per heavy atom. The fourth-order valence-electron chi connectivity index (χ4n) is 2.38. The van der Waals surface area contributed by atoms with E-state index >= 15 is 0 Å². The largest absolute Gasteiger partial charge is 0.457 e. The van der Waals surface area contributed by atoms with Gasteiger partial charge in [0.25, 0.3) is 0 Å². The molecule has 4 rings (SSSR count). The van der Waals surface area contributed by atoms with Gasteiger partial charge in [0.15, 0.2) is 0 Å².